The lowest BCUT2D eigenvalue weighted by Crippen LogP contribution is -2.08. The van der Waals surface area contributed by atoms with Gasteiger partial charge >= 0.3 is 11.9 Å². The molecule has 2 N–H and O–H groups in total. The lowest BCUT2D eigenvalue weighted by molar-refractivity contribution is -0.129. The monoisotopic (exact) mass is 272 g/mol. The van der Waals surface area contributed by atoms with Crippen molar-refractivity contribution in [3.05, 3.63) is 48.0 Å². The number of phenols is 1. The molecule has 0 aliphatic rings. The highest BCUT2D eigenvalue weighted by Crippen LogP contribution is 2.34. The molecule has 0 unspecified atom stereocenters. The first kappa shape index (κ1) is 13.6. The average molecular weight is 272 g/mol. The van der Waals surface area contributed by atoms with Crippen LogP contribution in [0.5, 0.6) is 11.5 Å². The number of esters is 1. The van der Waals surface area contributed by atoms with Crippen molar-refractivity contribution in [3.63, 3.8) is 0 Å². The van der Waals surface area contributed by atoms with Crippen molar-refractivity contribution < 1.29 is 24.5 Å². The second-order valence-corrected chi connectivity index (χ2v) is 4.29. The largest absolute Gasteiger partial charge is 0.506 e. The molecule has 0 saturated carbocycles. The van der Waals surface area contributed by atoms with Crippen LogP contribution in [-0.2, 0) is 4.79 Å². The van der Waals surface area contributed by atoms with Gasteiger partial charge in [0, 0.05) is 16.3 Å². The molecule has 0 heterocycles. The fraction of sp³-hybridized carbons (Fsp3) is 0.0667. The standard InChI is InChI=1S/C15H12O5/c1-8(2)15(19)20-12-5-3-4-10-9(12)6-7-11(13(10)16)14(17)18/h3-7,16H,1H2,2H3,(H,17,18). The summed E-state index contributed by atoms with van der Waals surface area (Å²) in [6.45, 7) is 5.01. The summed E-state index contributed by atoms with van der Waals surface area (Å²) in [5.41, 5.74) is 0.0364. The van der Waals surface area contributed by atoms with Gasteiger partial charge < -0.3 is 14.9 Å². The Morgan fingerprint density at radius 1 is 1.15 bits per heavy atom. The number of hydrogen-bond donors (Lipinski definition) is 2. The van der Waals surface area contributed by atoms with Crippen LogP contribution in [0.2, 0.25) is 0 Å². The number of hydrogen-bond acceptors (Lipinski definition) is 4. The molecule has 0 amide bonds. The van der Waals surface area contributed by atoms with E-state index in [2.05, 4.69) is 6.58 Å². The predicted molar refractivity (Wildman–Crippen MR) is 73.0 cm³/mol. The quantitative estimate of drug-likeness (QED) is 0.510. The van der Waals surface area contributed by atoms with Crippen molar-refractivity contribution in [2.24, 2.45) is 0 Å². The first-order chi connectivity index (χ1) is 9.41. The smallest absolute Gasteiger partial charge is 0.339 e. The molecule has 2 rings (SSSR count). The molecule has 0 bridgehead atoms. The molecule has 0 spiro atoms. The lowest BCUT2D eigenvalue weighted by atomic mass is 10.0. The fourth-order valence-electron chi connectivity index (χ4n) is 1.76. The van der Waals surface area contributed by atoms with Gasteiger partial charge in [0.2, 0.25) is 0 Å². The SMILES string of the molecule is C=C(C)C(=O)Oc1cccc2c(O)c(C(=O)O)ccc12. The van der Waals surface area contributed by atoms with Gasteiger partial charge in [-0.1, -0.05) is 18.7 Å². The summed E-state index contributed by atoms with van der Waals surface area (Å²) in [5.74, 6) is -1.93. The number of benzene rings is 2. The van der Waals surface area contributed by atoms with Crippen LogP contribution in [0.1, 0.15) is 17.3 Å². The predicted octanol–water partition coefficient (Wildman–Crippen LogP) is 2.73. The number of carboxylic acid groups (broad SMARTS) is 1. The van der Waals surface area contributed by atoms with Gasteiger partial charge in [-0.15, -0.1) is 0 Å². The summed E-state index contributed by atoms with van der Waals surface area (Å²) in [7, 11) is 0. The summed E-state index contributed by atoms with van der Waals surface area (Å²) in [6.07, 6.45) is 0. The molecule has 0 atom stereocenters. The highest BCUT2D eigenvalue weighted by Gasteiger charge is 2.15. The maximum Gasteiger partial charge on any atom is 0.339 e. The zero-order valence-corrected chi connectivity index (χ0v) is 10.7. The number of aromatic carboxylic acids is 1. The second-order valence-electron chi connectivity index (χ2n) is 4.29. The Hall–Kier alpha value is -2.82. The topological polar surface area (TPSA) is 83.8 Å². The number of carbonyl (C=O) groups is 2. The Balaban J connectivity index is 2.59. The van der Waals surface area contributed by atoms with Crippen molar-refractivity contribution >= 4 is 22.7 Å². The molecule has 0 saturated heterocycles. The number of carboxylic acids is 1. The van der Waals surface area contributed by atoms with E-state index in [1.165, 1.54) is 19.1 Å². The van der Waals surface area contributed by atoms with Crippen molar-refractivity contribution in [1.82, 2.24) is 0 Å². The molecule has 0 aliphatic heterocycles. The molecule has 2 aromatic carbocycles. The number of carbonyl (C=O) groups excluding carboxylic acids is 1. The summed E-state index contributed by atoms with van der Waals surface area (Å²) < 4.78 is 5.15. The molecule has 5 heteroatoms. The molecular weight excluding hydrogens is 260 g/mol. The maximum atomic E-state index is 11.5. The van der Waals surface area contributed by atoms with Gasteiger partial charge in [-0.2, -0.15) is 0 Å². The van der Waals surface area contributed by atoms with Crippen LogP contribution >= 0.6 is 0 Å². The number of ether oxygens (including phenoxy) is 1. The Morgan fingerprint density at radius 2 is 1.85 bits per heavy atom. The Morgan fingerprint density at radius 3 is 2.45 bits per heavy atom. The normalized spacial score (nSPS) is 10.2. The van der Waals surface area contributed by atoms with Gasteiger partial charge in [0.15, 0.2) is 0 Å². The minimum atomic E-state index is -1.23. The molecule has 0 aromatic heterocycles. The van der Waals surface area contributed by atoms with Crippen LogP contribution in [0.4, 0.5) is 0 Å². The van der Waals surface area contributed by atoms with Crippen molar-refractivity contribution in [2.45, 2.75) is 6.92 Å². The van der Waals surface area contributed by atoms with E-state index in [0.717, 1.165) is 0 Å². The van der Waals surface area contributed by atoms with Crippen LogP contribution in [-0.4, -0.2) is 22.2 Å². The zero-order valence-electron chi connectivity index (χ0n) is 10.7. The van der Waals surface area contributed by atoms with E-state index in [1.54, 1.807) is 18.2 Å². The first-order valence-corrected chi connectivity index (χ1v) is 5.77. The third kappa shape index (κ3) is 2.33. The van der Waals surface area contributed by atoms with E-state index in [9.17, 15) is 14.7 Å². The van der Waals surface area contributed by atoms with E-state index >= 15 is 0 Å². The number of aromatic hydroxyl groups is 1. The van der Waals surface area contributed by atoms with E-state index in [-0.39, 0.29) is 22.6 Å². The molecule has 0 aliphatic carbocycles. The van der Waals surface area contributed by atoms with Crippen LogP contribution in [0, 0.1) is 0 Å². The Labute approximate surface area is 114 Å². The van der Waals surface area contributed by atoms with E-state index in [4.69, 9.17) is 9.84 Å². The zero-order chi connectivity index (χ0) is 14.9. The van der Waals surface area contributed by atoms with Gasteiger partial charge in [-0.25, -0.2) is 9.59 Å². The van der Waals surface area contributed by atoms with Crippen molar-refractivity contribution in [3.8, 4) is 11.5 Å². The van der Waals surface area contributed by atoms with Crippen LogP contribution in [0.15, 0.2) is 42.5 Å². The molecule has 0 fully saturated rings. The number of rotatable bonds is 3. The summed E-state index contributed by atoms with van der Waals surface area (Å²) in [5, 5.41) is 19.7. The number of fused-ring (bicyclic) bond motifs is 1. The summed E-state index contributed by atoms with van der Waals surface area (Å²) in [4.78, 5) is 22.5. The molecule has 102 valence electrons. The molecule has 0 radical (unpaired) electrons. The third-order valence-electron chi connectivity index (χ3n) is 2.77. The van der Waals surface area contributed by atoms with E-state index in [0.29, 0.717) is 10.8 Å². The van der Waals surface area contributed by atoms with Gasteiger partial charge in [0.25, 0.3) is 0 Å². The van der Waals surface area contributed by atoms with E-state index in [1.807, 2.05) is 0 Å². The minimum Gasteiger partial charge on any atom is -0.506 e. The van der Waals surface area contributed by atoms with Gasteiger partial charge in [0.1, 0.15) is 17.1 Å². The van der Waals surface area contributed by atoms with Crippen LogP contribution in [0.25, 0.3) is 10.8 Å². The molecular formula is C15H12O5. The minimum absolute atomic E-state index is 0.208. The van der Waals surface area contributed by atoms with Gasteiger partial charge in [-0.3, -0.25) is 0 Å². The average Bonchev–Trinajstić information content (AvgIpc) is 2.39. The van der Waals surface area contributed by atoms with Gasteiger partial charge in [0.05, 0.1) is 0 Å². The highest BCUT2D eigenvalue weighted by atomic mass is 16.5. The van der Waals surface area contributed by atoms with Gasteiger partial charge in [-0.05, 0) is 25.1 Å². The van der Waals surface area contributed by atoms with Crippen LogP contribution in [0.3, 0.4) is 0 Å². The molecule has 5 nitrogen and oxygen atoms in total. The van der Waals surface area contributed by atoms with E-state index < -0.39 is 11.9 Å². The molecule has 20 heavy (non-hydrogen) atoms. The molecule has 2 aromatic rings. The third-order valence-corrected chi connectivity index (χ3v) is 2.77. The van der Waals surface area contributed by atoms with Crippen molar-refractivity contribution in [2.75, 3.05) is 0 Å². The summed E-state index contributed by atoms with van der Waals surface area (Å²) >= 11 is 0. The second kappa shape index (κ2) is 5.05. The maximum absolute atomic E-state index is 11.5. The van der Waals surface area contributed by atoms with Crippen molar-refractivity contribution in [1.29, 1.82) is 0 Å². The highest BCUT2D eigenvalue weighted by molar-refractivity contribution is 6.03. The lowest BCUT2D eigenvalue weighted by Gasteiger charge is -2.09. The Bertz CT molecular complexity index is 730. The first-order valence-electron chi connectivity index (χ1n) is 5.77. The fourth-order valence-corrected chi connectivity index (χ4v) is 1.76. The van der Waals surface area contributed by atoms with Crippen LogP contribution < -0.4 is 4.74 Å². The summed E-state index contributed by atoms with van der Waals surface area (Å²) in [6, 6.07) is 7.42. The Kier molecular flexibility index (Phi) is 3.43.